The first-order valence-corrected chi connectivity index (χ1v) is 6.27. The Bertz CT molecular complexity index is 438. The first-order chi connectivity index (χ1) is 8.91. The Morgan fingerprint density at radius 1 is 1.21 bits per heavy atom. The largest absolute Gasteiger partial charge is 0.496 e. The van der Waals surface area contributed by atoms with Crippen molar-refractivity contribution in [1.29, 1.82) is 0 Å². The van der Waals surface area contributed by atoms with E-state index < -0.39 is 0 Å². The summed E-state index contributed by atoms with van der Waals surface area (Å²) in [5.41, 5.74) is 0.245. The highest BCUT2D eigenvalue weighted by atomic mass is 16.5. The van der Waals surface area contributed by atoms with E-state index in [1.54, 1.807) is 26.4 Å². The zero-order valence-electron chi connectivity index (χ0n) is 12.3. The summed E-state index contributed by atoms with van der Waals surface area (Å²) < 4.78 is 16.2. The summed E-state index contributed by atoms with van der Waals surface area (Å²) in [7, 11) is 3.21. The van der Waals surface area contributed by atoms with Gasteiger partial charge in [0.25, 0.3) is 0 Å². The molecule has 0 aliphatic carbocycles. The molecule has 4 nitrogen and oxygen atoms in total. The van der Waals surface area contributed by atoms with Gasteiger partial charge in [0.15, 0.2) is 5.78 Å². The van der Waals surface area contributed by atoms with Crippen LogP contribution < -0.4 is 9.47 Å². The van der Waals surface area contributed by atoms with Gasteiger partial charge in [-0.2, -0.15) is 0 Å². The molecular formula is C15H22O4. The molecule has 0 N–H and O–H groups in total. The lowest BCUT2D eigenvalue weighted by atomic mass is 10.1. The molecule has 0 saturated heterocycles. The lowest BCUT2D eigenvalue weighted by Gasteiger charge is -2.23. The molecule has 0 amide bonds. The van der Waals surface area contributed by atoms with Crippen molar-refractivity contribution >= 4 is 5.78 Å². The molecule has 0 aliphatic rings. The molecule has 0 radical (unpaired) electrons. The number of ether oxygens (including phenoxy) is 3. The van der Waals surface area contributed by atoms with Crippen LogP contribution in [0.25, 0.3) is 0 Å². The second-order valence-electron chi connectivity index (χ2n) is 4.95. The molecule has 0 spiro atoms. The summed E-state index contributed by atoms with van der Waals surface area (Å²) in [6, 6.07) is 5.34. The zero-order valence-corrected chi connectivity index (χ0v) is 12.3. The van der Waals surface area contributed by atoms with Gasteiger partial charge in [-0.3, -0.25) is 4.79 Å². The molecule has 4 heteroatoms. The van der Waals surface area contributed by atoms with Crippen LogP contribution in [0.5, 0.6) is 11.5 Å². The third-order valence-electron chi connectivity index (χ3n) is 3.07. The fourth-order valence-corrected chi connectivity index (χ4v) is 1.66. The summed E-state index contributed by atoms with van der Waals surface area (Å²) >= 11 is 0. The second-order valence-corrected chi connectivity index (χ2v) is 4.95. The smallest absolute Gasteiger partial charge is 0.167 e. The highest BCUT2D eigenvalue weighted by molar-refractivity contribution is 5.99. The van der Waals surface area contributed by atoms with Crippen LogP contribution in [0.3, 0.4) is 0 Å². The lowest BCUT2D eigenvalue weighted by molar-refractivity contribution is 0.00540. The lowest BCUT2D eigenvalue weighted by Crippen LogP contribution is -2.25. The topological polar surface area (TPSA) is 44.8 Å². The number of ketones is 1. The third-order valence-corrected chi connectivity index (χ3v) is 3.07. The van der Waals surface area contributed by atoms with E-state index in [4.69, 9.17) is 14.2 Å². The van der Waals surface area contributed by atoms with Gasteiger partial charge >= 0.3 is 0 Å². The highest BCUT2D eigenvalue weighted by Gasteiger charge is 2.18. The number of Topliss-reactive ketones (excluding diaryl/α,β-unsaturated/α-hetero) is 1. The number of methoxy groups -OCH3 is 2. The number of hydrogen-bond acceptors (Lipinski definition) is 4. The van der Waals surface area contributed by atoms with Gasteiger partial charge in [-0.05, 0) is 32.9 Å². The van der Waals surface area contributed by atoms with Crippen molar-refractivity contribution in [1.82, 2.24) is 0 Å². The number of hydrogen-bond donors (Lipinski definition) is 0. The van der Waals surface area contributed by atoms with Gasteiger partial charge in [-0.15, -0.1) is 0 Å². The van der Waals surface area contributed by atoms with E-state index in [2.05, 4.69) is 0 Å². The third kappa shape index (κ3) is 4.24. The average molecular weight is 266 g/mol. The van der Waals surface area contributed by atoms with Crippen LogP contribution in [0.4, 0.5) is 0 Å². The van der Waals surface area contributed by atoms with E-state index in [0.717, 1.165) is 6.42 Å². The second kappa shape index (κ2) is 6.57. The van der Waals surface area contributed by atoms with Crippen LogP contribution in [0.15, 0.2) is 18.2 Å². The molecule has 0 bridgehead atoms. The molecule has 106 valence electrons. The molecule has 1 aromatic carbocycles. The van der Waals surface area contributed by atoms with Crippen molar-refractivity contribution in [2.45, 2.75) is 32.8 Å². The predicted molar refractivity (Wildman–Crippen MR) is 74.2 cm³/mol. The predicted octanol–water partition coefficient (Wildman–Crippen LogP) is 3.09. The maximum absolute atomic E-state index is 11.7. The minimum atomic E-state index is -0.241. The molecule has 1 rings (SSSR count). The van der Waals surface area contributed by atoms with E-state index in [0.29, 0.717) is 23.7 Å². The minimum absolute atomic E-state index is 0.0709. The van der Waals surface area contributed by atoms with Gasteiger partial charge in [0.1, 0.15) is 17.1 Å². The van der Waals surface area contributed by atoms with Gasteiger partial charge < -0.3 is 14.2 Å². The highest BCUT2D eigenvalue weighted by Crippen LogP contribution is 2.29. The first-order valence-electron chi connectivity index (χ1n) is 6.27. The Morgan fingerprint density at radius 3 is 2.37 bits per heavy atom. The fourth-order valence-electron chi connectivity index (χ4n) is 1.66. The van der Waals surface area contributed by atoms with E-state index in [1.165, 1.54) is 6.92 Å². The molecule has 0 unspecified atom stereocenters. The van der Waals surface area contributed by atoms with Crippen LogP contribution in [-0.2, 0) is 4.74 Å². The molecule has 0 atom stereocenters. The van der Waals surface area contributed by atoms with Crippen molar-refractivity contribution in [3.05, 3.63) is 23.8 Å². The zero-order chi connectivity index (χ0) is 14.5. The fraction of sp³-hybridized carbons (Fsp3) is 0.533. The van der Waals surface area contributed by atoms with E-state index in [-0.39, 0.29) is 11.4 Å². The van der Waals surface area contributed by atoms with Crippen molar-refractivity contribution in [3.63, 3.8) is 0 Å². The summed E-state index contributed by atoms with van der Waals surface area (Å²) in [6.45, 7) is 5.97. The van der Waals surface area contributed by atoms with Crippen molar-refractivity contribution in [2.75, 3.05) is 20.8 Å². The van der Waals surface area contributed by atoms with Crippen LogP contribution in [0, 0.1) is 0 Å². The maximum atomic E-state index is 11.7. The van der Waals surface area contributed by atoms with Crippen molar-refractivity contribution in [3.8, 4) is 11.5 Å². The van der Waals surface area contributed by atoms with Gasteiger partial charge in [0.05, 0.1) is 19.3 Å². The molecule has 1 aromatic rings. The Kier molecular flexibility index (Phi) is 5.36. The van der Waals surface area contributed by atoms with Gasteiger partial charge in [-0.1, -0.05) is 6.07 Å². The van der Waals surface area contributed by atoms with Gasteiger partial charge in [0, 0.05) is 13.5 Å². The van der Waals surface area contributed by atoms with E-state index >= 15 is 0 Å². The number of benzene rings is 1. The van der Waals surface area contributed by atoms with E-state index in [9.17, 15) is 4.79 Å². The van der Waals surface area contributed by atoms with Gasteiger partial charge in [-0.25, -0.2) is 0 Å². The summed E-state index contributed by atoms with van der Waals surface area (Å²) in [5, 5.41) is 0. The average Bonchev–Trinajstić information content (AvgIpc) is 2.37. The minimum Gasteiger partial charge on any atom is -0.496 e. The van der Waals surface area contributed by atoms with Crippen LogP contribution in [0.2, 0.25) is 0 Å². The number of carbonyl (C=O) groups is 1. The Labute approximate surface area is 114 Å². The molecule has 0 aromatic heterocycles. The Balaban J connectivity index is 2.81. The van der Waals surface area contributed by atoms with E-state index in [1.807, 2.05) is 19.9 Å². The molecule has 19 heavy (non-hydrogen) atoms. The summed E-state index contributed by atoms with van der Waals surface area (Å²) in [4.78, 5) is 11.7. The van der Waals surface area contributed by atoms with Crippen LogP contribution >= 0.6 is 0 Å². The van der Waals surface area contributed by atoms with Gasteiger partial charge in [0.2, 0.25) is 0 Å². The normalized spacial score (nSPS) is 11.2. The molecule has 0 saturated carbocycles. The molecule has 0 aliphatic heterocycles. The van der Waals surface area contributed by atoms with Crippen molar-refractivity contribution < 1.29 is 19.0 Å². The first kappa shape index (κ1) is 15.5. The Hall–Kier alpha value is -1.55. The quantitative estimate of drug-likeness (QED) is 0.711. The Morgan fingerprint density at radius 2 is 1.84 bits per heavy atom. The molecular weight excluding hydrogens is 244 g/mol. The summed E-state index contributed by atoms with van der Waals surface area (Å²) in [5.74, 6) is 1.02. The monoisotopic (exact) mass is 266 g/mol. The van der Waals surface area contributed by atoms with Crippen LogP contribution in [0.1, 0.15) is 37.6 Å². The van der Waals surface area contributed by atoms with Crippen molar-refractivity contribution in [2.24, 2.45) is 0 Å². The molecule has 0 fully saturated rings. The number of rotatable bonds is 7. The summed E-state index contributed by atoms with van der Waals surface area (Å²) in [6.07, 6.45) is 0.734. The SMILES string of the molecule is COc1cccc(OCCC(C)(C)OC)c1C(C)=O. The van der Waals surface area contributed by atoms with Crippen LogP contribution in [-0.4, -0.2) is 32.2 Å². The standard InChI is InChI=1S/C15H22O4/c1-11(16)14-12(17-4)7-6-8-13(14)19-10-9-15(2,3)18-5/h6-8H,9-10H2,1-5H3. The maximum Gasteiger partial charge on any atom is 0.167 e. The molecule has 0 heterocycles. The number of carbonyl (C=O) groups excluding carboxylic acids is 1.